The Kier molecular flexibility index (Phi) is 10.7. The van der Waals surface area contributed by atoms with Crippen LogP contribution in [0.25, 0.3) is 0 Å². The van der Waals surface area contributed by atoms with E-state index in [2.05, 4.69) is 41.9 Å². The van der Waals surface area contributed by atoms with Gasteiger partial charge in [-0.15, -0.1) is 0 Å². The number of carbonyl (C=O) groups excluding carboxylic acids is 1. The van der Waals surface area contributed by atoms with Crippen molar-refractivity contribution in [1.29, 1.82) is 0 Å². The summed E-state index contributed by atoms with van der Waals surface area (Å²) in [6, 6.07) is 13.5. The molecule has 6 heteroatoms. The third kappa shape index (κ3) is 8.50. The predicted molar refractivity (Wildman–Crippen MR) is 127 cm³/mol. The van der Waals surface area contributed by atoms with Crippen molar-refractivity contribution >= 4 is 11.7 Å². The average molecular weight is 428 g/mol. The normalized spacial score (nSPS) is 11.7. The number of phenolic OH excluding ortho intramolecular Hbond substituents is 1. The summed E-state index contributed by atoms with van der Waals surface area (Å²) < 4.78 is 5.73. The van der Waals surface area contributed by atoms with Gasteiger partial charge in [0.25, 0.3) is 0 Å². The second-order valence-electron chi connectivity index (χ2n) is 7.73. The molecule has 1 unspecified atom stereocenters. The van der Waals surface area contributed by atoms with Crippen molar-refractivity contribution in [2.24, 2.45) is 0 Å². The Hall–Kier alpha value is -2.73. The van der Waals surface area contributed by atoms with Crippen LogP contribution in [0.2, 0.25) is 0 Å². The maximum Gasteiger partial charge on any atom is 0.319 e. The van der Waals surface area contributed by atoms with E-state index in [1.54, 1.807) is 13.1 Å². The monoisotopic (exact) mass is 427 g/mol. The Morgan fingerprint density at radius 3 is 2.48 bits per heavy atom. The van der Waals surface area contributed by atoms with Crippen LogP contribution in [0, 0.1) is 0 Å². The van der Waals surface area contributed by atoms with Crippen LogP contribution < -0.4 is 20.7 Å². The number of hydrogen-bond donors (Lipinski definition) is 4. The topological polar surface area (TPSA) is 82.6 Å². The number of anilines is 1. The number of aromatic hydroxyl groups is 1. The highest BCUT2D eigenvalue weighted by Crippen LogP contribution is 2.29. The van der Waals surface area contributed by atoms with E-state index in [-0.39, 0.29) is 17.8 Å². The maximum absolute atomic E-state index is 11.7. The van der Waals surface area contributed by atoms with E-state index in [1.807, 2.05) is 24.3 Å². The van der Waals surface area contributed by atoms with Crippen LogP contribution in [0.1, 0.15) is 63.1 Å². The van der Waals surface area contributed by atoms with Gasteiger partial charge in [-0.1, -0.05) is 51.3 Å². The summed E-state index contributed by atoms with van der Waals surface area (Å²) in [5.74, 6) is 0.981. The summed E-state index contributed by atoms with van der Waals surface area (Å²) in [5.41, 5.74) is 2.73. The van der Waals surface area contributed by atoms with Crippen molar-refractivity contribution in [2.75, 3.05) is 25.5 Å². The Balaban J connectivity index is 1.97. The molecule has 2 rings (SSSR count). The molecule has 2 amide bonds. The predicted octanol–water partition coefficient (Wildman–Crippen LogP) is 5.39. The fourth-order valence-electron chi connectivity index (χ4n) is 3.33. The molecule has 0 fully saturated rings. The summed E-state index contributed by atoms with van der Waals surface area (Å²) in [6.45, 7) is 5.94. The molecule has 170 valence electrons. The van der Waals surface area contributed by atoms with Gasteiger partial charge in [0.2, 0.25) is 0 Å². The van der Waals surface area contributed by atoms with Crippen molar-refractivity contribution < 1.29 is 14.6 Å². The summed E-state index contributed by atoms with van der Waals surface area (Å²) in [5, 5.41) is 18.9. The second-order valence-corrected chi connectivity index (χ2v) is 7.73. The van der Waals surface area contributed by atoms with Crippen LogP contribution in [-0.4, -0.2) is 31.3 Å². The molecule has 0 bridgehead atoms. The summed E-state index contributed by atoms with van der Waals surface area (Å²) in [7, 11) is 1.55. The fraction of sp³-hybridized carbons (Fsp3) is 0.480. The minimum atomic E-state index is -0.354. The van der Waals surface area contributed by atoms with Gasteiger partial charge in [0.05, 0.1) is 12.3 Å². The van der Waals surface area contributed by atoms with Crippen molar-refractivity contribution in [3.8, 4) is 11.5 Å². The molecule has 0 saturated heterocycles. The van der Waals surface area contributed by atoms with Crippen LogP contribution in [0.3, 0.4) is 0 Å². The van der Waals surface area contributed by atoms with Crippen LogP contribution in [-0.2, 0) is 6.42 Å². The van der Waals surface area contributed by atoms with Gasteiger partial charge < -0.3 is 25.8 Å². The second kappa shape index (κ2) is 13.5. The number of phenols is 1. The summed E-state index contributed by atoms with van der Waals surface area (Å²) in [4.78, 5) is 11.7. The minimum absolute atomic E-state index is 0.0582. The first-order valence-electron chi connectivity index (χ1n) is 11.3. The number of nitrogens with one attached hydrogen (secondary N) is 3. The molecule has 0 aliphatic carbocycles. The lowest BCUT2D eigenvalue weighted by atomic mass is 9.99. The van der Waals surface area contributed by atoms with Gasteiger partial charge in [-0.3, -0.25) is 0 Å². The number of amides is 2. The molecule has 0 aliphatic heterocycles. The number of hydrogen-bond acceptors (Lipinski definition) is 4. The molecule has 0 heterocycles. The largest absolute Gasteiger partial charge is 0.506 e. The van der Waals surface area contributed by atoms with Crippen LogP contribution >= 0.6 is 0 Å². The number of urea groups is 1. The van der Waals surface area contributed by atoms with E-state index >= 15 is 0 Å². The number of rotatable bonds is 13. The van der Waals surface area contributed by atoms with E-state index in [1.165, 1.54) is 5.56 Å². The molecule has 1 atom stereocenters. The van der Waals surface area contributed by atoms with Gasteiger partial charge in [0, 0.05) is 13.1 Å². The lowest BCUT2D eigenvalue weighted by molar-refractivity contribution is 0.254. The molecule has 2 aromatic rings. The Labute approximate surface area is 186 Å². The van der Waals surface area contributed by atoms with Crippen molar-refractivity contribution in [1.82, 2.24) is 10.6 Å². The van der Waals surface area contributed by atoms with Crippen molar-refractivity contribution in [2.45, 2.75) is 58.4 Å². The smallest absolute Gasteiger partial charge is 0.319 e. The highest BCUT2D eigenvalue weighted by atomic mass is 16.5. The Morgan fingerprint density at radius 1 is 1.06 bits per heavy atom. The standard InChI is InChI=1S/C25H37N3O3/c1-4-6-8-22(20-11-14-24(29)23(18-20)28-25(30)26-3)27-16-15-19-9-12-21(13-10-19)31-17-7-5-2/h9-14,18,22,27,29H,4-8,15-17H2,1-3H3,(H2,26,28,30). The zero-order valence-electron chi connectivity index (χ0n) is 19.0. The van der Waals surface area contributed by atoms with Crippen LogP contribution in [0.4, 0.5) is 10.5 Å². The molecular weight excluding hydrogens is 390 g/mol. The molecule has 31 heavy (non-hydrogen) atoms. The van der Waals surface area contributed by atoms with E-state index in [0.29, 0.717) is 5.69 Å². The third-order valence-corrected chi connectivity index (χ3v) is 5.24. The number of unbranched alkanes of at least 4 members (excludes halogenated alkanes) is 2. The lowest BCUT2D eigenvalue weighted by Crippen LogP contribution is -2.26. The fourth-order valence-corrected chi connectivity index (χ4v) is 3.33. The zero-order valence-corrected chi connectivity index (χ0v) is 19.0. The van der Waals surface area contributed by atoms with Crippen molar-refractivity contribution in [3.05, 3.63) is 53.6 Å². The van der Waals surface area contributed by atoms with E-state index < -0.39 is 0 Å². The van der Waals surface area contributed by atoms with Gasteiger partial charge >= 0.3 is 6.03 Å². The molecule has 0 aromatic heterocycles. The first-order chi connectivity index (χ1) is 15.1. The average Bonchev–Trinajstić information content (AvgIpc) is 2.78. The van der Waals surface area contributed by atoms with Gasteiger partial charge in [0.1, 0.15) is 11.5 Å². The van der Waals surface area contributed by atoms with Crippen LogP contribution in [0.5, 0.6) is 11.5 Å². The zero-order chi connectivity index (χ0) is 22.5. The molecule has 6 nitrogen and oxygen atoms in total. The Morgan fingerprint density at radius 2 is 1.81 bits per heavy atom. The first-order valence-corrected chi connectivity index (χ1v) is 11.3. The third-order valence-electron chi connectivity index (χ3n) is 5.24. The number of carbonyl (C=O) groups is 1. The molecular formula is C25H37N3O3. The highest BCUT2D eigenvalue weighted by Gasteiger charge is 2.14. The van der Waals surface area contributed by atoms with Gasteiger partial charge in [0.15, 0.2) is 0 Å². The highest BCUT2D eigenvalue weighted by molar-refractivity contribution is 5.90. The quantitative estimate of drug-likeness (QED) is 0.255. The molecule has 0 saturated carbocycles. The lowest BCUT2D eigenvalue weighted by Gasteiger charge is -2.20. The van der Waals surface area contributed by atoms with E-state index in [4.69, 9.17) is 4.74 Å². The summed E-state index contributed by atoms with van der Waals surface area (Å²) in [6.07, 6.45) is 6.32. The molecule has 0 radical (unpaired) electrons. The SMILES string of the molecule is CCCCOc1ccc(CCNC(CCCC)c2ccc(O)c(NC(=O)NC)c2)cc1. The van der Waals surface area contributed by atoms with Gasteiger partial charge in [-0.25, -0.2) is 4.79 Å². The molecule has 0 aliphatic rings. The Bertz CT molecular complexity index is 793. The van der Waals surface area contributed by atoms with E-state index in [0.717, 1.165) is 63.0 Å². The van der Waals surface area contributed by atoms with Gasteiger partial charge in [-0.2, -0.15) is 0 Å². The van der Waals surface area contributed by atoms with E-state index in [9.17, 15) is 9.90 Å². The molecule has 0 spiro atoms. The minimum Gasteiger partial charge on any atom is -0.506 e. The molecule has 4 N–H and O–H groups in total. The number of benzene rings is 2. The maximum atomic E-state index is 11.7. The summed E-state index contributed by atoms with van der Waals surface area (Å²) >= 11 is 0. The first kappa shape index (κ1) is 24.5. The number of ether oxygens (including phenoxy) is 1. The van der Waals surface area contributed by atoms with Crippen LogP contribution in [0.15, 0.2) is 42.5 Å². The molecule has 2 aromatic carbocycles. The van der Waals surface area contributed by atoms with Gasteiger partial charge in [-0.05, 0) is 61.2 Å². The van der Waals surface area contributed by atoms with Crippen molar-refractivity contribution in [3.63, 3.8) is 0 Å².